The first kappa shape index (κ1) is 44.7. The molecule has 0 aliphatic carbocycles. The summed E-state index contributed by atoms with van der Waals surface area (Å²) in [5, 5.41) is 69.1. The molecule has 0 spiro atoms. The molecule has 11 atom stereocenters. The van der Waals surface area contributed by atoms with E-state index < -0.39 is 123 Å². The first-order chi connectivity index (χ1) is 25.6. The Hall–Kier alpha value is -3.71. The predicted molar refractivity (Wildman–Crippen MR) is 183 cm³/mol. The molecule has 2 fully saturated rings. The van der Waals surface area contributed by atoms with Gasteiger partial charge in [0.2, 0.25) is 29.5 Å². The van der Waals surface area contributed by atoms with Crippen molar-refractivity contribution in [3.8, 4) is 0 Å². The van der Waals surface area contributed by atoms with E-state index in [9.17, 15) is 54.6 Å². The highest BCUT2D eigenvalue weighted by molar-refractivity contribution is 5.99. The molecule has 0 unspecified atom stereocenters. The zero-order valence-corrected chi connectivity index (χ0v) is 30.0. The molecular weight excluding hydrogens is 720 g/mol. The van der Waals surface area contributed by atoms with Crippen molar-refractivity contribution >= 4 is 29.5 Å². The van der Waals surface area contributed by atoms with Crippen LogP contribution in [0.1, 0.15) is 19.4 Å². The summed E-state index contributed by atoms with van der Waals surface area (Å²) in [6.07, 6.45) is -12.8. The van der Waals surface area contributed by atoms with Gasteiger partial charge in [0.1, 0.15) is 36.6 Å². The number of aliphatic hydroxyl groups is 6. The van der Waals surface area contributed by atoms with Gasteiger partial charge in [-0.2, -0.15) is 0 Å². The lowest BCUT2D eigenvalue weighted by Gasteiger charge is -2.38. The van der Waals surface area contributed by atoms with E-state index in [2.05, 4.69) is 21.3 Å². The van der Waals surface area contributed by atoms with E-state index in [1.54, 1.807) is 30.3 Å². The third-order valence-corrected chi connectivity index (χ3v) is 8.48. The van der Waals surface area contributed by atoms with E-state index in [0.29, 0.717) is 0 Å². The predicted octanol–water partition coefficient (Wildman–Crippen LogP) is -6.46. The van der Waals surface area contributed by atoms with Crippen LogP contribution >= 0.6 is 0 Å². The molecule has 0 saturated carbocycles. The van der Waals surface area contributed by atoms with Crippen LogP contribution in [-0.2, 0) is 49.3 Å². The number of nitrogens with two attached hydrogens (primary N) is 1. The van der Waals surface area contributed by atoms with Gasteiger partial charge in [-0.3, -0.25) is 34.2 Å². The average molecular weight is 773 g/mol. The maximum Gasteiger partial charge on any atom is 0.245 e. The molecule has 0 aromatic heterocycles. The topological polar surface area (TPSA) is 321 Å². The molecule has 304 valence electrons. The lowest BCUT2D eigenvalue weighted by Crippen LogP contribution is -2.57. The van der Waals surface area contributed by atoms with Gasteiger partial charge in [0, 0.05) is 13.1 Å². The Bertz CT molecular complexity index is 1320. The van der Waals surface area contributed by atoms with Gasteiger partial charge in [0.25, 0.3) is 0 Å². The molecule has 2 aliphatic heterocycles. The third kappa shape index (κ3) is 14.2. The van der Waals surface area contributed by atoms with E-state index in [0.717, 1.165) is 10.5 Å². The van der Waals surface area contributed by atoms with Crippen molar-refractivity contribution in [3.63, 3.8) is 0 Å². The van der Waals surface area contributed by atoms with Gasteiger partial charge >= 0.3 is 0 Å². The van der Waals surface area contributed by atoms with Gasteiger partial charge in [0.15, 0.2) is 12.6 Å². The van der Waals surface area contributed by atoms with Crippen molar-refractivity contribution in [1.82, 2.24) is 26.2 Å². The largest absolute Gasteiger partial charge is 0.388 e. The van der Waals surface area contributed by atoms with Crippen molar-refractivity contribution < 1.29 is 73.6 Å². The first-order valence-corrected chi connectivity index (χ1v) is 17.4. The number of benzene rings is 1. The molecule has 2 saturated heterocycles. The van der Waals surface area contributed by atoms with Crippen LogP contribution < -0.4 is 27.0 Å². The van der Waals surface area contributed by atoms with Crippen molar-refractivity contribution in [2.24, 2.45) is 5.73 Å². The minimum absolute atomic E-state index is 0.109. The zero-order valence-electron chi connectivity index (χ0n) is 30.0. The minimum Gasteiger partial charge on any atom is -0.388 e. The maximum atomic E-state index is 12.8. The van der Waals surface area contributed by atoms with Crippen molar-refractivity contribution in [3.05, 3.63) is 35.9 Å². The van der Waals surface area contributed by atoms with Crippen LogP contribution in [0.15, 0.2) is 30.3 Å². The third-order valence-electron chi connectivity index (χ3n) is 8.48. The summed E-state index contributed by atoms with van der Waals surface area (Å²) in [7, 11) is 0. The minimum atomic E-state index is -1.54. The fraction of sp³-hybridized carbons (Fsp3) is 0.667. The molecule has 54 heavy (non-hydrogen) atoms. The second kappa shape index (κ2) is 22.0. The Kier molecular flexibility index (Phi) is 18.2. The van der Waals surface area contributed by atoms with Gasteiger partial charge < -0.3 is 71.3 Å². The molecule has 21 nitrogen and oxygen atoms in total. The number of nitrogens with zero attached hydrogens (tertiary/aromatic N) is 1. The molecule has 1 aromatic rings. The Labute approximate surface area is 311 Å². The summed E-state index contributed by atoms with van der Waals surface area (Å²) < 4.78 is 21.4. The second-order valence-electron chi connectivity index (χ2n) is 12.9. The summed E-state index contributed by atoms with van der Waals surface area (Å²) >= 11 is 0. The number of imide groups is 1. The quantitative estimate of drug-likeness (QED) is 0.0583. The van der Waals surface area contributed by atoms with Crippen LogP contribution in [0.4, 0.5) is 0 Å². The van der Waals surface area contributed by atoms with E-state index >= 15 is 0 Å². The number of nitrogens with one attached hydrogen (secondary N) is 4. The summed E-state index contributed by atoms with van der Waals surface area (Å²) in [6.45, 7) is 0.265. The molecule has 5 amide bonds. The van der Waals surface area contributed by atoms with Crippen LogP contribution in [0.3, 0.4) is 0 Å². The summed E-state index contributed by atoms with van der Waals surface area (Å²) in [5.74, 6) is -3.65. The Morgan fingerprint density at radius 3 is 1.59 bits per heavy atom. The van der Waals surface area contributed by atoms with Crippen LogP contribution in [0.2, 0.25) is 0 Å². The Morgan fingerprint density at radius 1 is 0.685 bits per heavy atom. The van der Waals surface area contributed by atoms with Crippen molar-refractivity contribution in [2.75, 3.05) is 52.5 Å². The first-order valence-electron chi connectivity index (χ1n) is 17.4. The lowest BCUT2D eigenvalue weighted by molar-refractivity contribution is -0.292. The van der Waals surface area contributed by atoms with Gasteiger partial charge in [-0.1, -0.05) is 30.3 Å². The second-order valence-corrected chi connectivity index (χ2v) is 12.9. The van der Waals surface area contributed by atoms with Crippen LogP contribution in [-0.4, -0.2) is 185 Å². The smallest absolute Gasteiger partial charge is 0.245 e. The monoisotopic (exact) mass is 772 g/mol. The highest BCUT2D eigenvalue weighted by atomic mass is 16.7. The van der Waals surface area contributed by atoms with Crippen molar-refractivity contribution in [2.45, 2.75) is 87.7 Å². The average Bonchev–Trinajstić information content (AvgIpc) is 3.13. The number of rotatable bonds is 19. The molecule has 2 aliphatic rings. The van der Waals surface area contributed by atoms with Crippen LogP contribution in [0.25, 0.3) is 0 Å². The molecule has 3 rings (SSSR count). The van der Waals surface area contributed by atoms with E-state index in [1.165, 1.54) is 13.8 Å². The number of hydrogen-bond donors (Lipinski definition) is 11. The standard InChI is InChI=1S/C33H52N6O15/c1-17-25(44)27(46)29(48)32(53-17)51-10-8-35-22(41)14-39(15-23(42)36-9-11-52-33-30(49)28(47)26(45)18(2)54-33)16-24(43)37-13-21(40)38-31(50)20(34)12-19-6-4-3-5-7-19/h3-7,17-18,20,25-30,32-33,44-49H,8-16,34H2,1-2H3,(H,35,41)(H,36,42)(H,37,43)(H,38,40,50)/t17-,18-,20-,25+,26+,27+,28+,29-,30-,32+,33+/m0/s1. The van der Waals surface area contributed by atoms with E-state index in [4.69, 9.17) is 24.7 Å². The molecule has 21 heteroatoms. The molecule has 1 aromatic carbocycles. The van der Waals surface area contributed by atoms with Gasteiger partial charge in [-0.05, 0) is 25.8 Å². The van der Waals surface area contributed by atoms with E-state index in [-0.39, 0.29) is 32.7 Å². The highest BCUT2D eigenvalue weighted by Gasteiger charge is 2.43. The fourth-order valence-electron chi connectivity index (χ4n) is 5.39. The SMILES string of the molecule is C[C@@H]1O[C@@H](OCCNC(=O)CN(CC(=O)NCCO[C@@H]2O[C@@H](C)[C@@H](O)[C@@H](O)[C@@H]2O)CC(=O)NCC(=O)NC(=O)[C@@H](N)Cc2ccccc2)[C@@H](O)[C@H](O)[C@@H]1O. The normalized spacial score (nSPS) is 28.9. The molecule has 12 N–H and O–H groups in total. The number of hydrogen-bond acceptors (Lipinski definition) is 17. The maximum absolute atomic E-state index is 12.8. The van der Waals surface area contributed by atoms with Gasteiger partial charge in [-0.25, -0.2) is 0 Å². The van der Waals surface area contributed by atoms with Crippen molar-refractivity contribution in [1.29, 1.82) is 0 Å². The lowest BCUT2D eigenvalue weighted by atomic mass is 10.0. The number of amides is 5. The van der Waals surface area contributed by atoms with Gasteiger partial charge in [0.05, 0.1) is 57.6 Å². The number of ether oxygens (including phenoxy) is 4. The fourth-order valence-corrected chi connectivity index (χ4v) is 5.39. The van der Waals surface area contributed by atoms with Gasteiger partial charge in [-0.15, -0.1) is 0 Å². The molecule has 2 heterocycles. The zero-order chi connectivity index (χ0) is 39.9. The van der Waals surface area contributed by atoms with Crippen LogP contribution in [0.5, 0.6) is 0 Å². The number of carbonyl (C=O) groups excluding carboxylic acids is 5. The summed E-state index contributed by atoms with van der Waals surface area (Å²) in [4.78, 5) is 64.2. The Morgan fingerprint density at radius 2 is 1.13 bits per heavy atom. The van der Waals surface area contributed by atoms with Crippen LogP contribution in [0, 0.1) is 0 Å². The number of carbonyl (C=O) groups is 5. The number of aliphatic hydroxyl groups excluding tert-OH is 6. The highest BCUT2D eigenvalue weighted by Crippen LogP contribution is 2.22. The molecular formula is C33H52N6O15. The summed E-state index contributed by atoms with van der Waals surface area (Å²) in [5.41, 5.74) is 6.68. The Balaban J connectivity index is 1.48. The molecule has 0 radical (unpaired) electrons. The summed E-state index contributed by atoms with van der Waals surface area (Å²) in [6, 6.07) is 7.88. The molecule has 0 bridgehead atoms. The van der Waals surface area contributed by atoms with E-state index in [1.807, 2.05) is 0 Å².